The molecule has 0 N–H and O–H groups in total. The number of nitrogens with zero attached hydrogens (tertiary/aromatic N) is 1. The number of sulfonamides is 1. The molecule has 0 fully saturated rings. The molecule has 0 saturated carbocycles. The first-order chi connectivity index (χ1) is 14.7. The number of anilines is 1. The fraction of sp³-hybridized carbons (Fsp3) is 0.217. The zero-order chi connectivity index (χ0) is 22.8. The van der Waals surface area contributed by atoms with Crippen LogP contribution in [0.25, 0.3) is 0 Å². The molecule has 0 saturated heterocycles. The summed E-state index contributed by atoms with van der Waals surface area (Å²) in [5.74, 6) is 0.293. The largest absolute Gasteiger partial charge is 0.493 e. The number of rotatable bonds is 7. The van der Waals surface area contributed by atoms with Gasteiger partial charge in [0.05, 0.1) is 30.8 Å². The highest BCUT2D eigenvalue weighted by Gasteiger charge is 2.32. The van der Waals surface area contributed by atoms with E-state index >= 15 is 0 Å². The first kappa shape index (κ1) is 22.9. The van der Waals surface area contributed by atoms with Crippen molar-refractivity contribution in [1.29, 1.82) is 0 Å². The summed E-state index contributed by atoms with van der Waals surface area (Å²) in [7, 11) is -1.17. The third-order valence-electron chi connectivity index (χ3n) is 5.03. The van der Waals surface area contributed by atoms with Crippen LogP contribution in [0.3, 0.4) is 0 Å². The maximum Gasteiger partial charge on any atom is 0.264 e. The van der Waals surface area contributed by atoms with Crippen LogP contribution < -0.4 is 13.8 Å². The normalized spacial score (nSPS) is 12.3. The van der Waals surface area contributed by atoms with Crippen molar-refractivity contribution < 1.29 is 22.3 Å². The number of ether oxygens (including phenoxy) is 2. The van der Waals surface area contributed by atoms with Gasteiger partial charge in [0.25, 0.3) is 10.0 Å². The molecule has 5 nitrogen and oxygen atoms in total. The molecule has 0 spiro atoms. The Balaban J connectivity index is 2.24. The van der Waals surface area contributed by atoms with Gasteiger partial charge in [0.15, 0.2) is 11.5 Å². The predicted octanol–water partition coefficient (Wildman–Crippen LogP) is 5.76. The van der Waals surface area contributed by atoms with Crippen LogP contribution in [0.2, 0.25) is 5.02 Å². The quantitative estimate of drug-likeness (QED) is 0.447. The van der Waals surface area contributed by atoms with Crippen LogP contribution in [0.15, 0.2) is 65.6 Å². The van der Waals surface area contributed by atoms with Crippen molar-refractivity contribution in [3.05, 3.63) is 82.6 Å². The summed E-state index contributed by atoms with van der Waals surface area (Å²) in [4.78, 5) is 0.000995. The Morgan fingerprint density at radius 2 is 1.65 bits per heavy atom. The van der Waals surface area contributed by atoms with Gasteiger partial charge in [0, 0.05) is 16.7 Å². The molecular weight excluding hydrogens is 441 g/mol. The van der Waals surface area contributed by atoms with Crippen molar-refractivity contribution >= 4 is 27.3 Å². The zero-order valence-electron chi connectivity index (χ0n) is 17.6. The molecule has 0 aliphatic carbocycles. The Kier molecular flexibility index (Phi) is 6.77. The number of aryl methyl sites for hydroxylation is 1. The number of halogens is 2. The second kappa shape index (κ2) is 9.16. The third kappa shape index (κ3) is 4.48. The van der Waals surface area contributed by atoms with Gasteiger partial charge in [-0.3, -0.25) is 4.31 Å². The van der Waals surface area contributed by atoms with Crippen molar-refractivity contribution in [3.63, 3.8) is 0 Å². The number of benzene rings is 3. The molecule has 164 valence electrons. The van der Waals surface area contributed by atoms with Crippen molar-refractivity contribution in [1.82, 2.24) is 0 Å². The van der Waals surface area contributed by atoms with Gasteiger partial charge in [-0.1, -0.05) is 35.9 Å². The number of hydrogen-bond acceptors (Lipinski definition) is 4. The Bertz CT molecular complexity index is 1200. The monoisotopic (exact) mass is 463 g/mol. The second-order valence-electron chi connectivity index (χ2n) is 6.95. The molecule has 0 amide bonds. The topological polar surface area (TPSA) is 55.8 Å². The van der Waals surface area contributed by atoms with E-state index in [-0.39, 0.29) is 10.5 Å². The summed E-state index contributed by atoms with van der Waals surface area (Å²) in [5, 5.41) is 0.326. The van der Waals surface area contributed by atoms with E-state index in [0.717, 1.165) is 9.87 Å². The first-order valence-corrected chi connectivity index (χ1v) is 11.3. The van der Waals surface area contributed by atoms with Gasteiger partial charge in [0.2, 0.25) is 0 Å². The molecule has 0 heterocycles. The third-order valence-corrected chi connectivity index (χ3v) is 7.33. The highest BCUT2D eigenvalue weighted by molar-refractivity contribution is 7.92. The van der Waals surface area contributed by atoms with Crippen LogP contribution >= 0.6 is 11.6 Å². The lowest BCUT2D eigenvalue weighted by Crippen LogP contribution is -2.34. The van der Waals surface area contributed by atoms with Gasteiger partial charge < -0.3 is 9.47 Å². The Labute approximate surface area is 187 Å². The Morgan fingerprint density at radius 1 is 0.968 bits per heavy atom. The van der Waals surface area contributed by atoms with Crippen LogP contribution in [0.5, 0.6) is 11.5 Å². The lowest BCUT2D eigenvalue weighted by Gasteiger charge is -2.31. The van der Waals surface area contributed by atoms with Gasteiger partial charge >= 0.3 is 0 Å². The van der Waals surface area contributed by atoms with Gasteiger partial charge in [-0.15, -0.1) is 0 Å². The number of methoxy groups -OCH3 is 2. The molecular formula is C23H23ClFNO4S. The lowest BCUT2D eigenvalue weighted by molar-refractivity contribution is 0.355. The van der Waals surface area contributed by atoms with E-state index in [2.05, 4.69) is 0 Å². The van der Waals surface area contributed by atoms with E-state index in [4.69, 9.17) is 21.1 Å². The molecule has 31 heavy (non-hydrogen) atoms. The van der Waals surface area contributed by atoms with E-state index in [1.165, 1.54) is 32.4 Å². The highest BCUT2D eigenvalue weighted by Crippen LogP contribution is 2.39. The van der Waals surface area contributed by atoms with Crippen molar-refractivity contribution in [2.75, 3.05) is 18.5 Å². The average molecular weight is 464 g/mol. The van der Waals surface area contributed by atoms with Crippen LogP contribution in [0.4, 0.5) is 10.1 Å². The van der Waals surface area contributed by atoms with Crippen LogP contribution in [0, 0.1) is 12.7 Å². The van der Waals surface area contributed by atoms with E-state index in [1.807, 2.05) is 0 Å². The molecule has 1 atom stereocenters. The summed E-state index contributed by atoms with van der Waals surface area (Å²) in [6, 6.07) is 14.5. The fourth-order valence-electron chi connectivity index (χ4n) is 3.32. The standard InChI is InChI=1S/C23H23ClFNO4S/c1-15-9-11-18(14-20(15)24)31(27,28)26(16(2)19-7-5-6-8-21(19)25)17-10-12-22(29-3)23(13-17)30-4/h5-14,16H,1-4H3. The molecule has 0 radical (unpaired) electrons. The van der Waals surface area contributed by atoms with Crippen molar-refractivity contribution in [3.8, 4) is 11.5 Å². The SMILES string of the molecule is COc1ccc(N(C(C)c2ccccc2F)S(=O)(=O)c2ccc(C)c(Cl)c2)cc1OC. The summed E-state index contributed by atoms with van der Waals surface area (Å²) in [6.45, 7) is 3.41. The minimum absolute atomic E-state index is 0.000995. The summed E-state index contributed by atoms with van der Waals surface area (Å²) in [5.41, 5.74) is 1.28. The molecule has 3 aromatic rings. The van der Waals surface area contributed by atoms with Crippen molar-refractivity contribution in [2.24, 2.45) is 0 Å². The predicted molar refractivity (Wildman–Crippen MR) is 120 cm³/mol. The van der Waals surface area contributed by atoms with Gasteiger partial charge in [-0.2, -0.15) is 0 Å². The lowest BCUT2D eigenvalue weighted by atomic mass is 10.1. The summed E-state index contributed by atoms with van der Waals surface area (Å²) < 4.78 is 53.9. The van der Waals surface area contributed by atoms with Crippen LogP contribution in [-0.4, -0.2) is 22.6 Å². The molecule has 0 aromatic heterocycles. The Hall–Kier alpha value is -2.77. The first-order valence-electron chi connectivity index (χ1n) is 9.47. The van der Waals surface area contributed by atoms with Crippen molar-refractivity contribution in [2.45, 2.75) is 24.8 Å². The fourth-order valence-corrected chi connectivity index (χ4v) is 5.22. The maximum absolute atomic E-state index is 14.6. The van der Waals surface area contributed by atoms with Gasteiger partial charge in [-0.25, -0.2) is 12.8 Å². The van der Waals surface area contributed by atoms with Crippen LogP contribution in [0.1, 0.15) is 24.1 Å². The van der Waals surface area contributed by atoms with E-state index in [9.17, 15) is 12.8 Å². The molecule has 1 unspecified atom stereocenters. The minimum atomic E-state index is -4.12. The Morgan fingerprint density at radius 3 is 2.26 bits per heavy atom. The van der Waals surface area contributed by atoms with Gasteiger partial charge in [-0.05, 0) is 49.7 Å². The molecule has 0 aliphatic heterocycles. The van der Waals surface area contributed by atoms with E-state index in [1.54, 1.807) is 56.3 Å². The molecule has 8 heteroatoms. The second-order valence-corrected chi connectivity index (χ2v) is 9.17. The van der Waals surface area contributed by atoms with E-state index < -0.39 is 21.9 Å². The molecule has 3 rings (SSSR count). The maximum atomic E-state index is 14.6. The minimum Gasteiger partial charge on any atom is -0.493 e. The highest BCUT2D eigenvalue weighted by atomic mass is 35.5. The van der Waals surface area contributed by atoms with Gasteiger partial charge in [0.1, 0.15) is 5.82 Å². The van der Waals surface area contributed by atoms with E-state index in [0.29, 0.717) is 22.2 Å². The molecule has 0 bridgehead atoms. The zero-order valence-corrected chi connectivity index (χ0v) is 19.2. The van der Waals surface area contributed by atoms with Crippen LogP contribution in [-0.2, 0) is 10.0 Å². The smallest absolute Gasteiger partial charge is 0.264 e. The molecule has 0 aliphatic rings. The number of hydrogen-bond donors (Lipinski definition) is 0. The summed E-state index contributed by atoms with van der Waals surface area (Å²) in [6.07, 6.45) is 0. The molecule has 3 aromatic carbocycles. The average Bonchev–Trinajstić information content (AvgIpc) is 2.75. The summed E-state index contributed by atoms with van der Waals surface area (Å²) >= 11 is 6.20.